The summed E-state index contributed by atoms with van der Waals surface area (Å²) in [6.07, 6.45) is 1.88. The van der Waals surface area contributed by atoms with E-state index in [2.05, 4.69) is 5.32 Å². The minimum atomic E-state index is -0.962. The zero-order valence-corrected chi connectivity index (χ0v) is 20.7. The third-order valence-corrected chi connectivity index (χ3v) is 6.84. The van der Waals surface area contributed by atoms with E-state index >= 15 is 0 Å². The van der Waals surface area contributed by atoms with Gasteiger partial charge in [-0.3, -0.25) is 4.90 Å². The third kappa shape index (κ3) is 5.39. The van der Waals surface area contributed by atoms with Crippen LogP contribution in [-0.4, -0.2) is 68.6 Å². The molecule has 10 nitrogen and oxygen atoms in total. The van der Waals surface area contributed by atoms with Gasteiger partial charge in [-0.25, -0.2) is 14.6 Å². The SMILES string of the molecule is Cn1c(N2C[C@H](O)C[C@@H](NC(=O)OCc3ccccc3)C2)nc2cc(C3=CCCCN3C(=O)O)ccc21. The molecule has 0 radical (unpaired) electrons. The molecule has 0 aliphatic carbocycles. The van der Waals surface area contributed by atoms with E-state index in [9.17, 15) is 19.8 Å². The van der Waals surface area contributed by atoms with Gasteiger partial charge in [-0.2, -0.15) is 0 Å². The number of aryl methyl sites for hydroxylation is 1. The van der Waals surface area contributed by atoms with Crippen molar-refractivity contribution >= 4 is 34.9 Å². The molecule has 0 unspecified atom stereocenters. The molecule has 0 spiro atoms. The number of ether oxygens (including phenoxy) is 1. The fraction of sp³-hybridized carbons (Fsp3) is 0.370. The normalized spacial score (nSPS) is 20.0. The van der Waals surface area contributed by atoms with E-state index in [4.69, 9.17) is 9.72 Å². The Morgan fingerprint density at radius 1 is 1.16 bits per heavy atom. The van der Waals surface area contributed by atoms with E-state index in [0.29, 0.717) is 37.7 Å². The molecule has 1 aromatic heterocycles. The molecule has 1 fully saturated rings. The van der Waals surface area contributed by atoms with Crippen LogP contribution in [0.3, 0.4) is 0 Å². The third-order valence-electron chi connectivity index (χ3n) is 6.84. The number of benzene rings is 2. The Morgan fingerprint density at radius 2 is 1.97 bits per heavy atom. The van der Waals surface area contributed by atoms with Gasteiger partial charge in [-0.15, -0.1) is 0 Å². The summed E-state index contributed by atoms with van der Waals surface area (Å²) in [7, 11) is 1.91. The highest BCUT2D eigenvalue weighted by molar-refractivity contribution is 5.87. The first-order valence-corrected chi connectivity index (χ1v) is 12.5. The van der Waals surface area contributed by atoms with Gasteiger partial charge in [-0.1, -0.05) is 42.5 Å². The fourth-order valence-corrected chi connectivity index (χ4v) is 5.09. The van der Waals surface area contributed by atoms with Crippen LogP contribution in [-0.2, 0) is 18.4 Å². The number of carboxylic acid groups (broad SMARTS) is 1. The summed E-state index contributed by atoms with van der Waals surface area (Å²) in [5.41, 5.74) is 4.01. The number of aromatic nitrogens is 2. The molecule has 2 aliphatic rings. The number of imidazole rings is 1. The molecular weight excluding hydrogens is 474 g/mol. The maximum atomic E-state index is 12.4. The molecule has 2 atom stereocenters. The number of piperidine rings is 1. The first-order chi connectivity index (χ1) is 17.9. The minimum absolute atomic E-state index is 0.175. The molecule has 10 heteroatoms. The average Bonchev–Trinajstić information content (AvgIpc) is 3.23. The van der Waals surface area contributed by atoms with Crippen molar-refractivity contribution in [2.45, 2.75) is 38.0 Å². The predicted molar refractivity (Wildman–Crippen MR) is 139 cm³/mol. The second-order valence-electron chi connectivity index (χ2n) is 9.54. The Bertz CT molecular complexity index is 1320. The number of hydrogen-bond donors (Lipinski definition) is 3. The number of rotatable bonds is 5. The highest BCUT2D eigenvalue weighted by Gasteiger charge is 2.30. The molecule has 0 bridgehead atoms. The largest absolute Gasteiger partial charge is 0.465 e. The number of aliphatic hydroxyl groups excluding tert-OH is 1. The van der Waals surface area contributed by atoms with E-state index in [-0.39, 0.29) is 12.6 Å². The molecular formula is C27H31N5O5. The second-order valence-corrected chi connectivity index (χ2v) is 9.54. The Balaban J connectivity index is 1.31. The molecule has 3 N–H and O–H groups in total. The lowest BCUT2D eigenvalue weighted by molar-refractivity contribution is 0.115. The smallest absolute Gasteiger partial charge is 0.411 e. The molecule has 3 heterocycles. The van der Waals surface area contributed by atoms with Gasteiger partial charge in [0.1, 0.15) is 6.61 Å². The summed E-state index contributed by atoms with van der Waals surface area (Å²) in [6.45, 7) is 1.51. The van der Waals surface area contributed by atoms with Crippen molar-refractivity contribution in [3.8, 4) is 0 Å². The van der Waals surface area contributed by atoms with Crippen LogP contribution in [0.5, 0.6) is 0 Å². The fourth-order valence-electron chi connectivity index (χ4n) is 5.09. The van der Waals surface area contributed by atoms with E-state index < -0.39 is 18.3 Å². The van der Waals surface area contributed by atoms with Gasteiger partial charge in [0, 0.05) is 32.2 Å². The lowest BCUT2D eigenvalue weighted by Gasteiger charge is -2.36. The van der Waals surface area contributed by atoms with E-state index in [1.807, 2.05) is 71.1 Å². The van der Waals surface area contributed by atoms with Crippen LogP contribution in [0.4, 0.5) is 15.5 Å². The van der Waals surface area contributed by atoms with E-state index in [1.165, 1.54) is 4.90 Å². The van der Waals surface area contributed by atoms with Crippen LogP contribution in [0.2, 0.25) is 0 Å². The van der Waals surface area contributed by atoms with Gasteiger partial charge in [0.25, 0.3) is 0 Å². The van der Waals surface area contributed by atoms with Crippen molar-refractivity contribution < 1.29 is 24.5 Å². The van der Waals surface area contributed by atoms with Crippen LogP contribution < -0.4 is 10.2 Å². The molecule has 2 amide bonds. The lowest BCUT2D eigenvalue weighted by Crippen LogP contribution is -2.53. The van der Waals surface area contributed by atoms with Crippen LogP contribution >= 0.6 is 0 Å². The summed E-state index contributed by atoms with van der Waals surface area (Å²) < 4.78 is 7.30. The Kier molecular flexibility index (Phi) is 7.00. The molecule has 1 saturated heterocycles. The Morgan fingerprint density at radius 3 is 2.76 bits per heavy atom. The van der Waals surface area contributed by atoms with Gasteiger partial charge < -0.3 is 29.7 Å². The van der Waals surface area contributed by atoms with Crippen LogP contribution in [0.1, 0.15) is 30.4 Å². The van der Waals surface area contributed by atoms with E-state index in [1.54, 1.807) is 0 Å². The summed E-state index contributed by atoms with van der Waals surface area (Å²) in [5.74, 6) is 0.670. The number of carbonyl (C=O) groups excluding carboxylic acids is 1. The van der Waals surface area contributed by atoms with Crippen molar-refractivity contribution in [1.82, 2.24) is 19.8 Å². The number of nitrogens with zero attached hydrogens (tertiary/aromatic N) is 4. The topological polar surface area (TPSA) is 120 Å². The van der Waals surface area contributed by atoms with Gasteiger partial charge in [0.2, 0.25) is 5.95 Å². The lowest BCUT2D eigenvalue weighted by atomic mass is 10.0. The highest BCUT2D eigenvalue weighted by atomic mass is 16.5. The van der Waals surface area contributed by atoms with Gasteiger partial charge in [-0.05, 0) is 37.0 Å². The number of allylic oxidation sites excluding steroid dienone is 1. The molecule has 0 saturated carbocycles. The number of nitrogens with one attached hydrogen (secondary N) is 1. The van der Waals surface area contributed by atoms with E-state index in [0.717, 1.165) is 35.0 Å². The predicted octanol–water partition coefficient (Wildman–Crippen LogP) is 3.55. The zero-order valence-electron chi connectivity index (χ0n) is 20.7. The van der Waals surface area contributed by atoms with Crippen molar-refractivity contribution in [2.75, 3.05) is 24.5 Å². The van der Waals surface area contributed by atoms with Crippen LogP contribution in [0.15, 0.2) is 54.6 Å². The highest BCUT2D eigenvalue weighted by Crippen LogP contribution is 2.30. The summed E-state index contributed by atoms with van der Waals surface area (Å²) >= 11 is 0. The van der Waals surface area contributed by atoms with Gasteiger partial charge in [0.15, 0.2) is 0 Å². The molecule has 194 valence electrons. The zero-order chi connectivity index (χ0) is 25.9. The first-order valence-electron chi connectivity index (χ1n) is 12.5. The number of hydrogen-bond acceptors (Lipinski definition) is 6. The molecule has 5 rings (SSSR count). The van der Waals surface area contributed by atoms with Gasteiger partial charge in [0.05, 0.1) is 28.9 Å². The quantitative estimate of drug-likeness (QED) is 0.485. The van der Waals surface area contributed by atoms with Crippen LogP contribution in [0.25, 0.3) is 16.7 Å². The molecule has 2 aliphatic heterocycles. The number of aliphatic hydroxyl groups is 1. The number of β-amino-alcohol motifs (C(OH)–C–C–N with tert-alkyl or cyclic N) is 1. The summed E-state index contributed by atoms with van der Waals surface area (Å²) in [5, 5.41) is 23.0. The maximum absolute atomic E-state index is 12.4. The Hall–Kier alpha value is -4.05. The number of carbonyl (C=O) groups is 2. The number of anilines is 1. The number of alkyl carbamates (subject to hydrolysis) is 1. The summed E-state index contributed by atoms with van der Waals surface area (Å²) in [4.78, 5) is 32.3. The maximum Gasteiger partial charge on any atom is 0.411 e. The van der Waals surface area contributed by atoms with Crippen molar-refractivity contribution in [3.05, 3.63) is 65.7 Å². The average molecular weight is 506 g/mol. The van der Waals surface area contributed by atoms with Gasteiger partial charge >= 0.3 is 12.2 Å². The first kappa shape index (κ1) is 24.6. The number of amides is 2. The Labute approximate surface area is 214 Å². The minimum Gasteiger partial charge on any atom is -0.465 e. The summed E-state index contributed by atoms with van der Waals surface area (Å²) in [6, 6.07) is 14.9. The van der Waals surface area contributed by atoms with Crippen LogP contribution in [0, 0.1) is 0 Å². The van der Waals surface area contributed by atoms with Crippen molar-refractivity contribution in [1.29, 1.82) is 0 Å². The monoisotopic (exact) mass is 505 g/mol. The van der Waals surface area contributed by atoms with Crippen molar-refractivity contribution in [3.63, 3.8) is 0 Å². The second kappa shape index (κ2) is 10.5. The molecule has 3 aromatic rings. The standard InChI is InChI=1S/C27H31N5O5/c1-30-24-11-10-19(23-9-5-6-12-32(23)27(35)36)13-22(24)29-25(30)31-15-20(14-21(33)16-31)28-26(34)37-17-18-7-3-2-4-8-18/h2-4,7-11,13,20-21,33H,5-6,12,14-17H2,1H3,(H,28,34)(H,35,36)/t20-,21-/m1/s1. The molecule has 37 heavy (non-hydrogen) atoms. The number of fused-ring (bicyclic) bond motifs is 1. The van der Waals surface area contributed by atoms with Crippen molar-refractivity contribution in [2.24, 2.45) is 7.05 Å². The molecule has 2 aromatic carbocycles.